The molecule has 1 fully saturated rings. The van der Waals surface area contributed by atoms with Crippen LogP contribution in [0.4, 0.5) is 4.39 Å². The third-order valence-electron chi connectivity index (χ3n) is 2.99. The van der Waals surface area contributed by atoms with Gasteiger partial charge >= 0.3 is 0 Å². The number of thioether (sulfide) groups is 1. The van der Waals surface area contributed by atoms with Crippen molar-refractivity contribution in [3.05, 3.63) is 59.8 Å². The molecule has 2 aromatic rings. The van der Waals surface area contributed by atoms with Gasteiger partial charge in [-0.05, 0) is 36.2 Å². The van der Waals surface area contributed by atoms with Gasteiger partial charge in [0.05, 0.1) is 17.7 Å². The van der Waals surface area contributed by atoms with Crippen molar-refractivity contribution in [3.63, 3.8) is 0 Å². The summed E-state index contributed by atoms with van der Waals surface area (Å²) in [6.07, 6.45) is 3.52. The van der Waals surface area contributed by atoms with E-state index in [4.69, 9.17) is 4.42 Å². The number of carbonyl (C=O) groups is 1. The predicted molar refractivity (Wildman–Crippen MR) is 83.4 cm³/mol. The third kappa shape index (κ3) is 3.62. The van der Waals surface area contributed by atoms with Crippen molar-refractivity contribution in [2.24, 2.45) is 10.2 Å². The molecule has 1 saturated heterocycles. The smallest absolute Gasteiger partial charge is 0.239 e. The van der Waals surface area contributed by atoms with E-state index < -0.39 is 0 Å². The number of hydrogen-bond acceptors (Lipinski definition) is 5. The number of nitrogens with zero attached hydrogens (tertiary/aromatic N) is 2. The van der Waals surface area contributed by atoms with E-state index in [9.17, 15) is 9.18 Å². The first-order valence-corrected chi connectivity index (χ1v) is 7.45. The fraction of sp³-hybridized carbons (Fsp3) is 0.133. The third-order valence-corrected chi connectivity index (χ3v) is 4.06. The van der Waals surface area contributed by atoms with Gasteiger partial charge in [0.15, 0.2) is 5.17 Å². The maximum atomic E-state index is 12.9. The number of hydrogen-bond donors (Lipinski definition) is 1. The molecule has 1 aromatic carbocycles. The maximum absolute atomic E-state index is 12.9. The van der Waals surface area contributed by atoms with Crippen LogP contribution in [-0.2, 0) is 11.2 Å². The zero-order valence-corrected chi connectivity index (χ0v) is 12.2. The Morgan fingerprint density at radius 3 is 2.86 bits per heavy atom. The van der Waals surface area contributed by atoms with E-state index in [1.54, 1.807) is 30.5 Å². The van der Waals surface area contributed by atoms with Crippen molar-refractivity contribution in [3.8, 4) is 0 Å². The molecule has 2 heterocycles. The minimum atomic E-state index is -0.290. The second kappa shape index (κ2) is 6.57. The van der Waals surface area contributed by atoms with Crippen molar-refractivity contribution in [1.29, 1.82) is 0 Å². The van der Waals surface area contributed by atoms with Crippen LogP contribution in [0, 0.1) is 5.82 Å². The summed E-state index contributed by atoms with van der Waals surface area (Å²) in [5.74, 6) is 0.171. The minimum absolute atomic E-state index is 0.124. The van der Waals surface area contributed by atoms with E-state index in [-0.39, 0.29) is 17.0 Å². The molecular formula is C15H12FN3O2S. The molecule has 0 spiro atoms. The number of halogens is 1. The molecule has 3 rings (SSSR count). The van der Waals surface area contributed by atoms with Gasteiger partial charge in [-0.2, -0.15) is 5.10 Å². The fourth-order valence-electron chi connectivity index (χ4n) is 1.92. The van der Waals surface area contributed by atoms with Crippen molar-refractivity contribution in [1.82, 2.24) is 5.32 Å². The SMILES string of the molecule is O=C1N/C(=N\N=C\c2ccco2)S[C@H]1Cc1ccc(F)cc1. The van der Waals surface area contributed by atoms with Crippen LogP contribution in [0.2, 0.25) is 0 Å². The average molecular weight is 317 g/mol. The molecular weight excluding hydrogens is 305 g/mol. The molecule has 5 nitrogen and oxygen atoms in total. The van der Waals surface area contributed by atoms with Gasteiger partial charge in [0, 0.05) is 0 Å². The number of carbonyl (C=O) groups excluding carboxylic acids is 1. The van der Waals surface area contributed by atoms with Crippen molar-refractivity contribution < 1.29 is 13.6 Å². The first kappa shape index (κ1) is 14.5. The summed E-state index contributed by atoms with van der Waals surface area (Å²) in [6.45, 7) is 0. The van der Waals surface area contributed by atoms with E-state index in [2.05, 4.69) is 15.5 Å². The maximum Gasteiger partial charge on any atom is 0.239 e. The number of rotatable bonds is 4. The summed E-state index contributed by atoms with van der Waals surface area (Å²) in [5.41, 5.74) is 0.898. The predicted octanol–water partition coefficient (Wildman–Crippen LogP) is 2.58. The second-order valence-electron chi connectivity index (χ2n) is 4.59. The molecule has 0 aliphatic carbocycles. The Morgan fingerprint density at radius 1 is 1.32 bits per heavy atom. The lowest BCUT2D eigenvalue weighted by molar-refractivity contribution is -0.118. The van der Waals surface area contributed by atoms with Gasteiger partial charge in [-0.1, -0.05) is 23.9 Å². The van der Waals surface area contributed by atoms with Crippen molar-refractivity contribution in [2.75, 3.05) is 0 Å². The number of amides is 1. The summed E-state index contributed by atoms with van der Waals surface area (Å²) < 4.78 is 18.0. The number of nitrogens with one attached hydrogen (secondary N) is 1. The first-order valence-electron chi connectivity index (χ1n) is 6.57. The molecule has 1 N–H and O–H groups in total. The summed E-state index contributed by atoms with van der Waals surface area (Å²) in [5, 5.41) is 10.6. The number of amidine groups is 1. The summed E-state index contributed by atoms with van der Waals surface area (Å²) in [6, 6.07) is 9.62. The van der Waals surface area contributed by atoms with Gasteiger partial charge in [0.2, 0.25) is 5.91 Å². The molecule has 1 aliphatic heterocycles. The van der Waals surface area contributed by atoms with E-state index in [1.807, 2.05) is 0 Å². The largest absolute Gasteiger partial charge is 0.463 e. The van der Waals surface area contributed by atoms with E-state index in [0.717, 1.165) is 5.56 Å². The van der Waals surface area contributed by atoms with Gasteiger partial charge in [-0.25, -0.2) is 4.39 Å². The van der Waals surface area contributed by atoms with Crippen molar-refractivity contribution >= 4 is 29.1 Å². The lowest BCUT2D eigenvalue weighted by atomic mass is 10.1. The van der Waals surface area contributed by atoms with Crippen molar-refractivity contribution in [2.45, 2.75) is 11.7 Å². The molecule has 1 amide bonds. The van der Waals surface area contributed by atoms with E-state index in [1.165, 1.54) is 30.1 Å². The standard InChI is InChI=1S/C15H12FN3O2S/c16-11-5-3-10(4-6-11)8-13-14(20)18-15(22-13)19-17-9-12-2-1-7-21-12/h1-7,9,13H,8H2,(H,18,19,20)/b17-9+/t13-/m0/s1. The second-order valence-corrected chi connectivity index (χ2v) is 5.78. The van der Waals surface area contributed by atoms with Gasteiger partial charge in [-0.3, -0.25) is 4.79 Å². The lowest BCUT2D eigenvalue weighted by Gasteiger charge is -2.04. The van der Waals surface area contributed by atoms with Crippen LogP contribution < -0.4 is 5.32 Å². The number of benzene rings is 1. The highest BCUT2D eigenvalue weighted by molar-refractivity contribution is 8.15. The van der Waals surface area contributed by atoms with Crippen LogP contribution in [-0.4, -0.2) is 22.5 Å². The average Bonchev–Trinajstić information content (AvgIpc) is 3.12. The van der Waals surface area contributed by atoms with Crippen LogP contribution >= 0.6 is 11.8 Å². The molecule has 0 saturated carbocycles. The minimum Gasteiger partial charge on any atom is -0.463 e. The molecule has 0 radical (unpaired) electrons. The molecule has 0 bridgehead atoms. The zero-order chi connectivity index (χ0) is 15.4. The highest BCUT2D eigenvalue weighted by Gasteiger charge is 2.30. The Hall–Kier alpha value is -2.41. The highest BCUT2D eigenvalue weighted by Crippen LogP contribution is 2.23. The Bertz CT molecular complexity index is 711. The monoisotopic (exact) mass is 317 g/mol. The normalized spacial score (nSPS) is 20.0. The number of furan rings is 1. The Kier molecular flexibility index (Phi) is 4.34. The molecule has 7 heteroatoms. The Morgan fingerprint density at radius 2 is 2.14 bits per heavy atom. The summed E-state index contributed by atoms with van der Waals surface area (Å²) in [7, 11) is 0. The topological polar surface area (TPSA) is 67.0 Å². The van der Waals surface area contributed by atoms with Crippen LogP contribution in [0.25, 0.3) is 0 Å². The van der Waals surface area contributed by atoms with Crippen LogP contribution in [0.5, 0.6) is 0 Å². The highest BCUT2D eigenvalue weighted by atomic mass is 32.2. The quantitative estimate of drug-likeness (QED) is 0.696. The van der Waals surface area contributed by atoms with Gasteiger partial charge in [0.1, 0.15) is 11.6 Å². The van der Waals surface area contributed by atoms with Crippen LogP contribution in [0.3, 0.4) is 0 Å². The molecule has 1 aliphatic rings. The summed E-state index contributed by atoms with van der Waals surface area (Å²) in [4.78, 5) is 11.9. The molecule has 1 atom stereocenters. The Labute approximate surface area is 130 Å². The Balaban J connectivity index is 1.61. The van der Waals surface area contributed by atoms with Crippen LogP contribution in [0.1, 0.15) is 11.3 Å². The molecule has 112 valence electrons. The molecule has 1 aromatic heterocycles. The molecule has 22 heavy (non-hydrogen) atoms. The van der Waals surface area contributed by atoms with E-state index >= 15 is 0 Å². The molecule has 0 unspecified atom stereocenters. The van der Waals surface area contributed by atoms with Gasteiger partial charge in [-0.15, -0.1) is 5.10 Å². The fourth-order valence-corrected chi connectivity index (χ4v) is 2.89. The summed E-state index contributed by atoms with van der Waals surface area (Å²) >= 11 is 1.31. The zero-order valence-electron chi connectivity index (χ0n) is 11.4. The van der Waals surface area contributed by atoms with Gasteiger partial charge in [0.25, 0.3) is 0 Å². The van der Waals surface area contributed by atoms with E-state index in [0.29, 0.717) is 17.3 Å². The first-order chi connectivity index (χ1) is 10.7. The lowest BCUT2D eigenvalue weighted by Crippen LogP contribution is -2.25. The van der Waals surface area contributed by atoms with Crippen LogP contribution in [0.15, 0.2) is 57.3 Å². The van der Waals surface area contributed by atoms with Gasteiger partial charge < -0.3 is 9.73 Å².